The first-order chi connectivity index (χ1) is 8.28. The predicted octanol–water partition coefficient (Wildman–Crippen LogP) is 5.42. The minimum atomic E-state index is 0.553. The molecule has 2 aromatic rings. The number of ether oxygens (including phenoxy) is 1. The highest BCUT2D eigenvalue weighted by Crippen LogP contribution is 2.26. The van der Waals surface area contributed by atoms with E-state index in [0.717, 1.165) is 16.4 Å². The van der Waals surface area contributed by atoms with Crippen LogP contribution < -0.4 is 4.74 Å². The van der Waals surface area contributed by atoms with Gasteiger partial charge in [0.1, 0.15) is 11.5 Å². The summed E-state index contributed by atoms with van der Waals surface area (Å²) in [6, 6.07) is 15.1. The molecule has 0 aromatic heterocycles. The lowest BCUT2D eigenvalue weighted by Crippen LogP contribution is -1.83. The molecule has 4 heteroatoms. The molecule has 0 saturated carbocycles. The number of rotatable bonds is 4. The zero-order valence-corrected chi connectivity index (χ0v) is 11.2. The van der Waals surface area contributed by atoms with Crippen molar-refractivity contribution in [1.82, 2.24) is 0 Å². The molecular formula is C13H10Cl2OS. The zero-order chi connectivity index (χ0) is 12.1. The molecule has 0 bridgehead atoms. The lowest BCUT2D eigenvalue weighted by atomic mass is 10.3. The predicted molar refractivity (Wildman–Crippen MR) is 74.5 cm³/mol. The van der Waals surface area contributed by atoms with Crippen LogP contribution in [0.5, 0.6) is 11.5 Å². The normalized spacial score (nSPS) is 10.2. The van der Waals surface area contributed by atoms with Gasteiger partial charge >= 0.3 is 0 Å². The van der Waals surface area contributed by atoms with Gasteiger partial charge in [0.15, 0.2) is 0 Å². The van der Waals surface area contributed by atoms with E-state index in [9.17, 15) is 0 Å². The van der Waals surface area contributed by atoms with Crippen molar-refractivity contribution in [2.75, 3.05) is 5.21 Å². The molecule has 1 nitrogen and oxygen atoms in total. The van der Waals surface area contributed by atoms with Gasteiger partial charge in [-0.3, -0.25) is 0 Å². The summed E-state index contributed by atoms with van der Waals surface area (Å²) in [6.45, 7) is 0. The highest BCUT2D eigenvalue weighted by atomic mass is 35.5. The van der Waals surface area contributed by atoms with E-state index in [0.29, 0.717) is 10.2 Å². The van der Waals surface area contributed by atoms with Crippen molar-refractivity contribution in [1.29, 1.82) is 0 Å². The third-order valence-electron chi connectivity index (χ3n) is 2.09. The van der Waals surface area contributed by atoms with Crippen LogP contribution in [0.15, 0.2) is 53.4 Å². The van der Waals surface area contributed by atoms with E-state index < -0.39 is 0 Å². The van der Waals surface area contributed by atoms with E-state index >= 15 is 0 Å². The fraction of sp³-hybridized carbons (Fsp3) is 0.0769. The van der Waals surface area contributed by atoms with Gasteiger partial charge < -0.3 is 4.74 Å². The van der Waals surface area contributed by atoms with Gasteiger partial charge in [-0.05, 0) is 48.5 Å². The lowest BCUT2D eigenvalue weighted by Gasteiger charge is -2.06. The molecule has 2 aromatic carbocycles. The molecule has 0 saturated heterocycles. The van der Waals surface area contributed by atoms with Crippen LogP contribution in [0.2, 0.25) is 5.02 Å². The topological polar surface area (TPSA) is 9.23 Å². The number of thioether (sulfide) groups is 1. The van der Waals surface area contributed by atoms with Gasteiger partial charge in [0.2, 0.25) is 0 Å². The standard InChI is InChI=1S/C13H10Cl2OS/c14-9-17-13-7-5-12(6-8-13)16-11-3-1-10(15)2-4-11/h1-8H,9H2. The highest BCUT2D eigenvalue weighted by Gasteiger charge is 1.98. The molecule has 0 aliphatic carbocycles. The smallest absolute Gasteiger partial charge is 0.127 e. The monoisotopic (exact) mass is 284 g/mol. The molecule has 0 radical (unpaired) electrons. The van der Waals surface area contributed by atoms with Gasteiger partial charge in [0, 0.05) is 9.92 Å². The van der Waals surface area contributed by atoms with Gasteiger partial charge in [-0.2, -0.15) is 0 Å². The fourth-order valence-corrected chi connectivity index (χ4v) is 2.26. The SMILES string of the molecule is ClCSc1ccc(Oc2ccc(Cl)cc2)cc1. The number of benzene rings is 2. The van der Waals surface area contributed by atoms with E-state index in [-0.39, 0.29) is 0 Å². The van der Waals surface area contributed by atoms with Gasteiger partial charge in [-0.15, -0.1) is 23.4 Å². The van der Waals surface area contributed by atoms with Crippen molar-refractivity contribution in [3.8, 4) is 11.5 Å². The second-order valence-corrected chi connectivity index (χ2v) is 5.35. The molecule has 0 fully saturated rings. The summed E-state index contributed by atoms with van der Waals surface area (Å²) in [5.41, 5.74) is 0. The van der Waals surface area contributed by atoms with Crippen molar-refractivity contribution >= 4 is 35.0 Å². The average molecular weight is 285 g/mol. The van der Waals surface area contributed by atoms with Crippen LogP contribution >= 0.6 is 35.0 Å². The Kier molecular flexibility index (Phi) is 4.60. The molecule has 0 amide bonds. The van der Waals surface area contributed by atoms with E-state index in [1.165, 1.54) is 0 Å². The Balaban J connectivity index is 2.05. The first-order valence-electron chi connectivity index (χ1n) is 5.00. The van der Waals surface area contributed by atoms with Gasteiger partial charge in [0.05, 0.1) is 5.21 Å². The summed E-state index contributed by atoms with van der Waals surface area (Å²) in [5, 5.41) is 1.25. The minimum absolute atomic E-state index is 0.553. The number of alkyl halides is 1. The fourth-order valence-electron chi connectivity index (χ4n) is 1.31. The molecule has 0 aliphatic heterocycles. The first-order valence-corrected chi connectivity index (χ1v) is 6.90. The zero-order valence-electron chi connectivity index (χ0n) is 8.90. The van der Waals surface area contributed by atoms with Crippen molar-refractivity contribution in [2.45, 2.75) is 4.90 Å². The van der Waals surface area contributed by atoms with Crippen molar-refractivity contribution < 1.29 is 4.74 Å². The Bertz CT molecular complexity index is 468. The molecule has 0 unspecified atom stereocenters. The third kappa shape index (κ3) is 3.84. The second-order valence-electron chi connectivity index (χ2n) is 3.28. The maximum Gasteiger partial charge on any atom is 0.127 e. The average Bonchev–Trinajstić information content (AvgIpc) is 2.35. The summed E-state index contributed by atoms with van der Waals surface area (Å²) in [5.74, 6) is 1.57. The molecule has 0 N–H and O–H groups in total. The maximum atomic E-state index is 5.80. The van der Waals surface area contributed by atoms with Crippen LogP contribution in [-0.2, 0) is 0 Å². The lowest BCUT2D eigenvalue weighted by molar-refractivity contribution is 0.482. The summed E-state index contributed by atoms with van der Waals surface area (Å²) in [7, 11) is 0. The molecule has 0 atom stereocenters. The number of hydrogen-bond donors (Lipinski definition) is 0. The van der Waals surface area contributed by atoms with E-state index in [1.54, 1.807) is 23.9 Å². The third-order valence-corrected chi connectivity index (χ3v) is 3.39. The van der Waals surface area contributed by atoms with Crippen LogP contribution in [-0.4, -0.2) is 5.21 Å². The Hall–Kier alpha value is -0.830. The maximum absolute atomic E-state index is 5.80. The summed E-state index contributed by atoms with van der Waals surface area (Å²) >= 11 is 13.0. The van der Waals surface area contributed by atoms with Crippen molar-refractivity contribution in [3.63, 3.8) is 0 Å². The van der Waals surface area contributed by atoms with E-state index in [4.69, 9.17) is 27.9 Å². The molecule has 0 heterocycles. The number of halogens is 2. The van der Waals surface area contributed by atoms with Gasteiger partial charge in [-0.1, -0.05) is 11.6 Å². The van der Waals surface area contributed by atoms with Gasteiger partial charge in [0.25, 0.3) is 0 Å². The van der Waals surface area contributed by atoms with Crippen molar-refractivity contribution in [3.05, 3.63) is 53.6 Å². The molecule has 17 heavy (non-hydrogen) atoms. The molecular weight excluding hydrogens is 275 g/mol. The van der Waals surface area contributed by atoms with Crippen LogP contribution in [0, 0.1) is 0 Å². The Morgan fingerprint density at radius 2 is 1.41 bits per heavy atom. The second kappa shape index (κ2) is 6.20. The molecule has 2 rings (SSSR count). The quantitative estimate of drug-likeness (QED) is 0.548. The Morgan fingerprint density at radius 3 is 1.94 bits per heavy atom. The summed E-state index contributed by atoms with van der Waals surface area (Å²) in [6.07, 6.45) is 0. The van der Waals surface area contributed by atoms with E-state index in [2.05, 4.69) is 0 Å². The molecule has 0 spiro atoms. The Morgan fingerprint density at radius 1 is 0.882 bits per heavy atom. The molecule has 0 aliphatic rings. The minimum Gasteiger partial charge on any atom is -0.457 e. The van der Waals surface area contributed by atoms with Crippen LogP contribution in [0.3, 0.4) is 0 Å². The first kappa shape index (κ1) is 12.6. The molecule has 88 valence electrons. The largest absolute Gasteiger partial charge is 0.457 e. The van der Waals surface area contributed by atoms with Crippen LogP contribution in [0.25, 0.3) is 0 Å². The summed E-state index contributed by atoms with van der Waals surface area (Å²) in [4.78, 5) is 1.13. The van der Waals surface area contributed by atoms with Crippen LogP contribution in [0.4, 0.5) is 0 Å². The van der Waals surface area contributed by atoms with Crippen molar-refractivity contribution in [2.24, 2.45) is 0 Å². The van der Waals surface area contributed by atoms with E-state index in [1.807, 2.05) is 36.4 Å². The van der Waals surface area contributed by atoms with Gasteiger partial charge in [-0.25, -0.2) is 0 Å². The Labute approximate surface area is 115 Å². The number of hydrogen-bond acceptors (Lipinski definition) is 2. The highest BCUT2D eigenvalue weighted by molar-refractivity contribution is 8.00. The van der Waals surface area contributed by atoms with Crippen LogP contribution in [0.1, 0.15) is 0 Å². The summed E-state index contributed by atoms with van der Waals surface area (Å²) < 4.78 is 5.67.